The number of aryl methyl sites for hydroxylation is 4. The fourth-order valence-electron chi connectivity index (χ4n) is 18.4. The molecule has 0 unspecified atom stereocenters. The second-order valence-electron chi connectivity index (χ2n) is 37.5. The Labute approximate surface area is 733 Å². The molecule has 2 aromatic rings. The molecule has 2 aromatic carbocycles. The Kier molecular flexibility index (Phi) is 77.5. The number of allylic oxidation sites excluding steroid dienone is 2. The predicted molar refractivity (Wildman–Crippen MR) is 526 cm³/mol. The van der Waals surface area contributed by atoms with Gasteiger partial charge in [-0.05, 0) is 105 Å². The maximum Gasteiger partial charge on any atom is 0.223 e. The molecule has 668 valence electrons. The van der Waals surface area contributed by atoms with Crippen LogP contribution in [0.5, 0.6) is 0 Å². The lowest BCUT2D eigenvalue weighted by molar-refractivity contribution is -0.345. The Hall–Kier alpha value is -3.80. The summed E-state index contributed by atoms with van der Waals surface area (Å²) in [5, 5.41) is 0. The molecule has 0 N–H and O–H groups in total. The molecule has 1 aliphatic rings. The van der Waals surface area contributed by atoms with Gasteiger partial charge in [-0.2, -0.15) is 0 Å². The molecule has 0 spiro atoms. The van der Waals surface area contributed by atoms with E-state index < -0.39 is 0 Å². The van der Waals surface area contributed by atoms with Crippen LogP contribution >= 0.6 is 0 Å². The van der Waals surface area contributed by atoms with Crippen molar-refractivity contribution in [2.45, 2.75) is 600 Å². The van der Waals surface area contributed by atoms with E-state index in [4.69, 9.17) is 0 Å². The third-order valence-corrected chi connectivity index (χ3v) is 26.2. The summed E-state index contributed by atoms with van der Waals surface area (Å²) < 4.78 is 1.69. The Morgan fingerprint density at radius 2 is 0.410 bits per heavy atom. The van der Waals surface area contributed by atoms with Gasteiger partial charge in [0.2, 0.25) is 11.4 Å². The number of benzene rings is 2. The van der Waals surface area contributed by atoms with Crippen LogP contribution in [-0.4, -0.2) is 4.70 Å². The zero-order valence-electron chi connectivity index (χ0n) is 79.9. The van der Waals surface area contributed by atoms with E-state index in [-0.39, 0.29) is 0 Å². The van der Waals surface area contributed by atoms with Crippen LogP contribution in [0.2, 0.25) is 0 Å². The van der Waals surface area contributed by atoms with Crippen LogP contribution < -0.4 is 0 Å². The Morgan fingerprint density at radius 1 is 0.205 bits per heavy atom. The maximum absolute atomic E-state index is 13.6. The highest BCUT2D eigenvalue weighted by atomic mass is 15.2. The van der Waals surface area contributed by atoms with Crippen molar-refractivity contribution in [3.63, 3.8) is 0 Å². The largest absolute Gasteiger partial charge is 0.493 e. The fraction of sp³-hybridized carbons (Fsp3) is 0.809. The lowest BCUT2D eigenvalue weighted by atomic mass is 9.90. The number of rotatable bonds is 86. The van der Waals surface area contributed by atoms with Gasteiger partial charge in [0.05, 0.1) is 5.56 Å². The molecule has 0 atom stereocenters. The summed E-state index contributed by atoms with van der Waals surface area (Å²) in [5.41, 5.74) is 25.6. The molecule has 0 aliphatic carbocycles. The molecule has 2 heteroatoms. The number of hydrogen-bond acceptors (Lipinski definition) is 0. The van der Waals surface area contributed by atoms with Crippen molar-refractivity contribution < 1.29 is 4.70 Å². The molecule has 117 heavy (non-hydrogen) atoms. The summed E-state index contributed by atoms with van der Waals surface area (Å²) >= 11 is 0. The van der Waals surface area contributed by atoms with Crippen molar-refractivity contribution in [2.75, 3.05) is 0 Å². The van der Waals surface area contributed by atoms with Crippen LogP contribution in [0.3, 0.4) is 0 Å². The van der Waals surface area contributed by atoms with Crippen molar-refractivity contribution >= 4 is 11.4 Å². The number of nitrogens with zero attached hydrogens (tertiary/aromatic N) is 2. The first-order valence-electron chi connectivity index (χ1n) is 53.7. The average molecular weight is 1610 g/mol. The SMILES string of the molecule is CCCCCCCCCCCCCCCCCCCCCCC#CCCc1ccc(CCCCCC)cc1C1=C(C#CCCCCCCCCCCCCCCCCCCCCCCCCCCC)C(CCCCCC)=C(c2cc(CCCCCC)ccc2CCC#CCCCCCCCCCCCCCCCCCCCCCC)[N+]1=[N-]. The summed E-state index contributed by atoms with van der Waals surface area (Å²) in [5.74, 6) is 22.5. The van der Waals surface area contributed by atoms with Gasteiger partial charge >= 0.3 is 0 Å². The van der Waals surface area contributed by atoms with Gasteiger partial charge in [0.25, 0.3) is 0 Å². The second-order valence-corrected chi connectivity index (χ2v) is 37.5. The van der Waals surface area contributed by atoms with Crippen LogP contribution in [0.25, 0.3) is 16.9 Å². The molecule has 1 heterocycles. The van der Waals surface area contributed by atoms with Crippen LogP contribution in [0, 0.1) is 35.5 Å². The first-order chi connectivity index (χ1) is 58.0. The van der Waals surface area contributed by atoms with Gasteiger partial charge in [-0.15, -0.1) is 23.7 Å². The number of hydrogen-bond donors (Lipinski definition) is 0. The zero-order chi connectivity index (χ0) is 83.4. The lowest BCUT2D eigenvalue weighted by Gasteiger charge is -2.16. The summed E-state index contributed by atoms with van der Waals surface area (Å²) in [7, 11) is 0. The molecule has 2 nitrogen and oxygen atoms in total. The van der Waals surface area contributed by atoms with Crippen molar-refractivity contribution in [3.8, 4) is 35.5 Å². The minimum absolute atomic E-state index is 0.830. The van der Waals surface area contributed by atoms with Gasteiger partial charge in [0.15, 0.2) is 0 Å². The van der Waals surface area contributed by atoms with E-state index in [1.165, 1.54) is 521 Å². The van der Waals surface area contributed by atoms with Crippen LogP contribution in [0.1, 0.15) is 608 Å². The van der Waals surface area contributed by atoms with E-state index in [0.717, 1.165) is 94.0 Å². The molecule has 0 amide bonds. The van der Waals surface area contributed by atoms with E-state index in [2.05, 4.69) is 113 Å². The molecule has 0 saturated heterocycles. The van der Waals surface area contributed by atoms with Crippen molar-refractivity contribution in [3.05, 3.63) is 86.5 Å². The highest BCUT2D eigenvalue weighted by molar-refractivity contribution is 5.87. The second kappa shape index (κ2) is 84.4. The predicted octanol–water partition coefficient (Wildman–Crippen LogP) is 39.5. The lowest BCUT2D eigenvalue weighted by Crippen LogP contribution is -2.08. The molecule has 0 bridgehead atoms. The Balaban J connectivity index is 1.74. The van der Waals surface area contributed by atoms with E-state index in [9.17, 15) is 5.53 Å². The van der Waals surface area contributed by atoms with E-state index in [1.807, 2.05) is 0 Å². The summed E-state index contributed by atoms with van der Waals surface area (Å²) in [4.78, 5) is 0. The van der Waals surface area contributed by atoms with Crippen LogP contribution in [0.4, 0.5) is 0 Å². The monoisotopic (exact) mass is 1610 g/mol. The molecule has 3 rings (SSSR count). The summed E-state index contributed by atoms with van der Waals surface area (Å²) in [6, 6.07) is 14.6. The fourth-order valence-corrected chi connectivity index (χ4v) is 18.4. The van der Waals surface area contributed by atoms with Gasteiger partial charge in [0, 0.05) is 43.2 Å². The van der Waals surface area contributed by atoms with Gasteiger partial charge in [-0.3, -0.25) is 0 Å². The standard InChI is InChI=1S/C115H198N2/c1-7-13-19-25-28-31-34-37-40-43-46-49-52-55-56-57-60-63-66-69-72-75-78-81-84-87-93-99-111-110(98-92-24-18-12-6)114(112-104-106(94-88-22-16-10-4)100-102-108(112)96-90-85-82-79-76-73-70-67-64-61-58-53-50-47-44-41-38-35-32-29-26-20-14-8-2)117(116)115(111)113-105-107(95-89-23-17-11-5)101-103-109(113)97-91-86-83-80-77-74-71-68-65-62-59-54-51-48-45-42-39-36-33-30-27-21-15-9-3/h100-105H,7-81,84,87-92,94-98H2,1-6H3. The first kappa shape index (κ1) is 107. The zero-order valence-corrected chi connectivity index (χ0v) is 79.9. The molecule has 1 aliphatic heterocycles. The molecule has 0 radical (unpaired) electrons. The normalized spacial score (nSPS) is 12.2. The minimum Gasteiger partial charge on any atom is -0.493 e. The number of unbranched alkanes of at least 4 members (excludes halogenated alkanes) is 74. The molecular weight excluding hydrogens is 1410 g/mol. The minimum atomic E-state index is 0.830. The Bertz CT molecular complexity index is 2820. The van der Waals surface area contributed by atoms with E-state index in [0.29, 0.717) is 0 Å². The average Bonchev–Trinajstić information content (AvgIpc) is 1.59. The van der Waals surface area contributed by atoms with Crippen LogP contribution in [-0.2, 0) is 25.7 Å². The van der Waals surface area contributed by atoms with E-state index in [1.54, 1.807) is 4.70 Å². The molecular formula is C115H198N2. The van der Waals surface area contributed by atoms with Gasteiger partial charge in [-0.25, -0.2) is 4.70 Å². The van der Waals surface area contributed by atoms with Crippen molar-refractivity contribution in [1.29, 1.82) is 0 Å². The highest BCUT2D eigenvalue weighted by Gasteiger charge is 2.37. The van der Waals surface area contributed by atoms with Crippen molar-refractivity contribution in [1.82, 2.24) is 0 Å². The smallest absolute Gasteiger partial charge is 0.223 e. The summed E-state index contributed by atoms with van der Waals surface area (Å²) in [6.07, 6.45) is 116. The Morgan fingerprint density at radius 3 is 0.667 bits per heavy atom. The first-order valence-corrected chi connectivity index (χ1v) is 53.7. The third kappa shape index (κ3) is 61.2. The highest BCUT2D eigenvalue weighted by Crippen LogP contribution is 2.45. The van der Waals surface area contributed by atoms with Gasteiger partial charge in [0.1, 0.15) is 5.57 Å². The van der Waals surface area contributed by atoms with Gasteiger partial charge < -0.3 is 5.53 Å². The molecule has 0 saturated carbocycles. The quantitative estimate of drug-likeness (QED) is 0.0358. The molecule has 0 aromatic heterocycles. The van der Waals surface area contributed by atoms with Gasteiger partial charge in [-0.1, -0.05) is 534 Å². The maximum atomic E-state index is 13.6. The van der Waals surface area contributed by atoms with Crippen LogP contribution in [0.15, 0.2) is 47.5 Å². The third-order valence-electron chi connectivity index (χ3n) is 26.2. The van der Waals surface area contributed by atoms with Crippen molar-refractivity contribution in [2.24, 2.45) is 0 Å². The molecule has 0 fully saturated rings. The topological polar surface area (TPSA) is 25.3 Å². The van der Waals surface area contributed by atoms with E-state index >= 15 is 0 Å². The summed E-state index contributed by atoms with van der Waals surface area (Å²) in [6.45, 7) is 13.9.